The molecule has 0 fully saturated rings. The number of nitrogens with zero attached hydrogens (tertiary/aromatic N) is 7. The minimum atomic E-state index is 0.116. The summed E-state index contributed by atoms with van der Waals surface area (Å²) in [7, 11) is 3.18. The van der Waals surface area contributed by atoms with Crippen LogP contribution in [0.4, 0.5) is 0 Å². The van der Waals surface area contributed by atoms with E-state index in [-0.39, 0.29) is 6.61 Å². The molecular weight excluding hydrogens is 422 g/mol. The second-order valence-corrected chi connectivity index (χ2v) is 7.19. The van der Waals surface area contributed by atoms with E-state index in [4.69, 9.17) is 14.3 Å². The minimum absolute atomic E-state index is 0.116. The SMILES string of the molecule is COc1ccc(/C=N/OCc2nc3c4cnn(Cc5ccccc5)c4ncn3n2)cc1OC. The highest BCUT2D eigenvalue weighted by atomic mass is 16.6. The second kappa shape index (κ2) is 8.95. The highest BCUT2D eigenvalue weighted by molar-refractivity contribution is 5.88. The van der Waals surface area contributed by atoms with Gasteiger partial charge in [-0.2, -0.15) is 5.10 Å². The summed E-state index contributed by atoms with van der Waals surface area (Å²) in [6.07, 6.45) is 4.98. The van der Waals surface area contributed by atoms with Crippen molar-refractivity contribution in [1.82, 2.24) is 29.4 Å². The standard InChI is InChI=1S/C23H21N7O3/c1-31-19-9-8-17(10-20(19)32-2)11-26-33-14-21-27-23-18-12-25-29(13-16-6-4-3-5-7-16)22(18)24-15-30(23)28-21/h3-12,15H,13-14H2,1-2H3/b26-11+. The number of aromatic nitrogens is 6. The summed E-state index contributed by atoms with van der Waals surface area (Å²) in [5.41, 5.74) is 3.37. The first-order chi connectivity index (χ1) is 16.2. The van der Waals surface area contributed by atoms with Crippen LogP contribution in [0.25, 0.3) is 16.7 Å². The van der Waals surface area contributed by atoms with Crippen molar-refractivity contribution in [2.24, 2.45) is 5.16 Å². The predicted octanol–water partition coefficient (Wildman–Crippen LogP) is 3.09. The van der Waals surface area contributed by atoms with Gasteiger partial charge < -0.3 is 14.3 Å². The topological polar surface area (TPSA) is 101 Å². The third-order valence-corrected chi connectivity index (χ3v) is 5.07. The van der Waals surface area contributed by atoms with Crippen molar-refractivity contribution in [3.8, 4) is 11.5 Å². The Morgan fingerprint density at radius 2 is 1.85 bits per heavy atom. The van der Waals surface area contributed by atoms with Crippen LogP contribution in [-0.2, 0) is 18.0 Å². The lowest BCUT2D eigenvalue weighted by atomic mass is 10.2. The van der Waals surface area contributed by atoms with Crippen LogP contribution in [0.1, 0.15) is 17.0 Å². The molecule has 0 bridgehead atoms. The predicted molar refractivity (Wildman–Crippen MR) is 122 cm³/mol. The fraction of sp³-hybridized carbons (Fsp3) is 0.174. The van der Waals surface area contributed by atoms with E-state index in [2.05, 4.69) is 37.5 Å². The summed E-state index contributed by atoms with van der Waals surface area (Å²) >= 11 is 0. The van der Waals surface area contributed by atoms with E-state index in [1.165, 1.54) is 0 Å². The Kier molecular flexibility index (Phi) is 5.54. The van der Waals surface area contributed by atoms with Gasteiger partial charge >= 0.3 is 0 Å². The van der Waals surface area contributed by atoms with E-state index in [1.807, 2.05) is 35.0 Å². The Hall–Kier alpha value is -4.47. The number of methoxy groups -OCH3 is 2. The van der Waals surface area contributed by atoms with Gasteiger partial charge in [-0.25, -0.2) is 19.2 Å². The summed E-state index contributed by atoms with van der Waals surface area (Å²) in [4.78, 5) is 14.5. The van der Waals surface area contributed by atoms with Gasteiger partial charge in [0.25, 0.3) is 0 Å². The molecule has 10 nitrogen and oxygen atoms in total. The maximum atomic E-state index is 5.40. The van der Waals surface area contributed by atoms with Gasteiger partial charge in [0.2, 0.25) is 0 Å². The maximum absolute atomic E-state index is 5.40. The number of rotatable bonds is 8. The summed E-state index contributed by atoms with van der Waals surface area (Å²) in [5, 5.41) is 13.7. The molecular formula is C23H21N7O3. The molecule has 0 unspecified atom stereocenters. The van der Waals surface area contributed by atoms with Crippen molar-refractivity contribution in [3.63, 3.8) is 0 Å². The molecule has 33 heavy (non-hydrogen) atoms. The Labute approximate surface area is 189 Å². The van der Waals surface area contributed by atoms with Crippen molar-refractivity contribution in [2.75, 3.05) is 14.2 Å². The first-order valence-corrected chi connectivity index (χ1v) is 10.2. The van der Waals surface area contributed by atoms with E-state index < -0.39 is 0 Å². The first kappa shape index (κ1) is 20.4. The van der Waals surface area contributed by atoms with Crippen molar-refractivity contribution in [2.45, 2.75) is 13.2 Å². The highest BCUT2D eigenvalue weighted by Gasteiger charge is 2.13. The molecule has 0 saturated carbocycles. The summed E-state index contributed by atoms with van der Waals surface area (Å²) in [6.45, 7) is 0.744. The van der Waals surface area contributed by atoms with Gasteiger partial charge in [0.15, 0.2) is 35.2 Å². The molecule has 0 spiro atoms. The molecule has 0 aliphatic heterocycles. The van der Waals surface area contributed by atoms with Gasteiger partial charge in [0, 0.05) is 5.56 Å². The first-order valence-electron chi connectivity index (χ1n) is 10.2. The third-order valence-electron chi connectivity index (χ3n) is 5.07. The van der Waals surface area contributed by atoms with Crippen LogP contribution in [0.15, 0.2) is 66.2 Å². The Bertz CT molecular complexity index is 1430. The molecule has 0 aliphatic carbocycles. The van der Waals surface area contributed by atoms with Crippen LogP contribution in [0.5, 0.6) is 11.5 Å². The van der Waals surface area contributed by atoms with Gasteiger partial charge in [0.05, 0.1) is 38.6 Å². The van der Waals surface area contributed by atoms with Gasteiger partial charge in [-0.15, -0.1) is 5.10 Å². The molecule has 10 heteroatoms. The van der Waals surface area contributed by atoms with Crippen LogP contribution >= 0.6 is 0 Å². The molecule has 3 heterocycles. The zero-order chi connectivity index (χ0) is 22.6. The lowest BCUT2D eigenvalue weighted by Gasteiger charge is -2.07. The van der Waals surface area contributed by atoms with E-state index in [9.17, 15) is 0 Å². The summed E-state index contributed by atoms with van der Waals surface area (Å²) in [5.74, 6) is 1.76. The maximum Gasteiger partial charge on any atom is 0.192 e. The quantitative estimate of drug-likeness (QED) is 0.268. The Balaban J connectivity index is 1.30. The van der Waals surface area contributed by atoms with Crippen LogP contribution in [-0.4, -0.2) is 49.8 Å². The lowest BCUT2D eigenvalue weighted by Crippen LogP contribution is -2.03. The number of hydrogen-bond donors (Lipinski definition) is 0. The van der Waals surface area contributed by atoms with Crippen LogP contribution in [0.2, 0.25) is 0 Å². The van der Waals surface area contributed by atoms with E-state index in [0.29, 0.717) is 29.5 Å². The molecule has 5 aromatic rings. The average molecular weight is 443 g/mol. The molecule has 0 N–H and O–H groups in total. The fourth-order valence-electron chi connectivity index (χ4n) is 3.47. The monoisotopic (exact) mass is 443 g/mol. The van der Waals surface area contributed by atoms with Gasteiger partial charge in [-0.1, -0.05) is 35.5 Å². The lowest BCUT2D eigenvalue weighted by molar-refractivity contribution is 0.126. The highest BCUT2D eigenvalue weighted by Crippen LogP contribution is 2.26. The summed E-state index contributed by atoms with van der Waals surface area (Å²) in [6, 6.07) is 15.6. The van der Waals surface area contributed by atoms with Crippen LogP contribution in [0, 0.1) is 0 Å². The van der Waals surface area contributed by atoms with Gasteiger partial charge in [0.1, 0.15) is 6.33 Å². The van der Waals surface area contributed by atoms with Crippen molar-refractivity contribution >= 4 is 22.9 Å². The minimum Gasteiger partial charge on any atom is -0.493 e. The summed E-state index contributed by atoms with van der Waals surface area (Å²) < 4.78 is 14.0. The zero-order valence-electron chi connectivity index (χ0n) is 18.1. The third kappa shape index (κ3) is 4.18. The van der Waals surface area contributed by atoms with E-state index >= 15 is 0 Å². The molecule has 2 aromatic carbocycles. The van der Waals surface area contributed by atoms with Crippen molar-refractivity contribution in [1.29, 1.82) is 0 Å². The Morgan fingerprint density at radius 1 is 1.00 bits per heavy atom. The molecule has 0 aliphatic rings. The molecule has 5 rings (SSSR count). The largest absolute Gasteiger partial charge is 0.493 e. The van der Waals surface area contributed by atoms with Crippen molar-refractivity contribution in [3.05, 3.63) is 78.0 Å². The van der Waals surface area contributed by atoms with Gasteiger partial charge in [-0.3, -0.25) is 0 Å². The second-order valence-electron chi connectivity index (χ2n) is 7.19. The van der Waals surface area contributed by atoms with Gasteiger partial charge in [-0.05, 0) is 23.8 Å². The molecule has 3 aromatic heterocycles. The number of benzene rings is 2. The smallest absolute Gasteiger partial charge is 0.192 e. The van der Waals surface area contributed by atoms with Crippen LogP contribution < -0.4 is 9.47 Å². The molecule has 0 radical (unpaired) electrons. The number of fused-ring (bicyclic) bond motifs is 3. The fourth-order valence-corrected chi connectivity index (χ4v) is 3.47. The van der Waals surface area contributed by atoms with E-state index in [1.54, 1.807) is 43.5 Å². The average Bonchev–Trinajstić information content (AvgIpc) is 3.46. The molecule has 0 amide bonds. The van der Waals surface area contributed by atoms with Crippen molar-refractivity contribution < 1.29 is 14.3 Å². The number of ether oxygens (including phenoxy) is 2. The van der Waals surface area contributed by atoms with E-state index in [0.717, 1.165) is 22.2 Å². The van der Waals surface area contributed by atoms with Crippen LogP contribution in [0.3, 0.4) is 0 Å². The molecule has 0 saturated heterocycles. The Morgan fingerprint density at radius 3 is 2.67 bits per heavy atom. The number of hydrogen-bond acceptors (Lipinski definition) is 8. The molecule has 0 atom stereocenters. The normalized spacial score (nSPS) is 11.5. The zero-order valence-corrected chi connectivity index (χ0v) is 18.1. The number of oxime groups is 1. The molecule has 166 valence electrons.